The molecule has 0 spiro atoms. The minimum absolute atomic E-state index is 0.105. The van der Waals surface area contributed by atoms with E-state index in [0.717, 1.165) is 12.0 Å². The minimum Gasteiger partial charge on any atom is -0.385 e. The molecule has 0 radical (unpaired) electrons. The van der Waals surface area contributed by atoms with Crippen molar-refractivity contribution in [3.8, 4) is 0 Å². The summed E-state index contributed by atoms with van der Waals surface area (Å²) in [5, 5.41) is 10.9. The SMILES string of the molecule is COCCCN1Cc2cccc([N+](=O)[O-])c2C1=O. The predicted octanol–water partition coefficient (Wildman–Crippen LogP) is 1.59. The van der Waals surface area contributed by atoms with Crippen molar-refractivity contribution in [3.05, 3.63) is 39.4 Å². The number of fused-ring (bicyclic) bond motifs is 1. The van der Waals surface area contributed by atoms with Gasteiger partial charge in [-0.25, -0.2) is 0 Å². The van der Waals surface area contributed by atoms with Crippen LogP contribution in [0.1, 0.15) is 22.3 Å². The Bertz CT molecular complexity index is 487. The van der Waals surface area contributed by atoms with Gasteiger partial charge in [0.15, 0.2) is 0 Å². The van der Waals surface area contributed by atoms with Gasteiger partial charge in [-0.1, -0.05) is 12.1 Å². The highest BCUT2D eigenvalue weighted by Gasteiger charge is 2.33. The molecule has 0 aromatic heterocycles. The van der Waals surface area contributed by atoms with Gasteiger partial charge >= 0.3 is 0 Å². The fraction of sp³-hybridized carbons (Fsp3) is 0.417. The van der Waals surface area contributed by atoms with E-state index in [9.17, 15) is 14.9 Å². The molecule has 0 saturated carbocycles. The number of ether oxygens (including phenoxy) is 1. The summed E-state index contributed by atoms with van der Waals surface area (Å²) in [7, 11) is 1.60. The van der Waals surface area contributed by atoms with Crippen LogP contribution in [-0.2, 0) is 11.3 Å². The van der Waals surface area contributed by atoms with Crippen molar-refractivity contribution >= 4 is 11.6 Å². The number of amides is 1. The Labute approximate surface area is 104 Å². The molecule has 0 fully saturated rings. The zero-order valence-corrected chi connectivity index (χ0v) is 10.1. The van der Waals surface area contributed by atoms with Crippen LogP contribution in [0.2, 0.25) is 0 Å². The molecule has 2 rings (SSSR count). The number of methoxy groups -OCH3 is 1. The number of nitro groups is 1. The zero-order chi connectivity index (χ0) is 13.1. The average molecular weight is 250 g/mol. The largest absolute Gasteiger partial charge is 0.385 e. The summed E-state index contributed by atoms with van der Waals surface area (Å²) in [6.45, 7) is 1.57. The molecule has 6 nitrogen and oxygen atoms in total. The Morgan fingerprint density at radius 3 is 2.94 bits per heavy atom. The van der Waals surface area contributed by atoms with E-state index >= 15 is 0 Å². The van der Waals surface area contributed by atoms with Gasteiger partial charge in [0.1, 0.15) is 5.56 Å². The lowest BCUT2D eigenvalue weighted by Gasteiger charge is -2.14. The summed E-state index contributed by atoms with van der Waals surface area (Å²) in [5.74, 6) is -0.256. The predicted molar refractivity (Wildman–Crippen MR) is 64.3 cm³/mol. The molecule has 1 aromatic carbocycles. The maximum atomic E-state index is 12.1. The average Bonchev–Trinajstić information content (AvgIpc) is 2.67. The topological polar surface area (TPSA) is 72.7 Å². The smallest absolute Gasteiger partial charge is 0.282 e. The maximum Gasteiger partial charge on any atom is 0.282 e. The van der Waals surface area contributed by atoms with Gasteiger partial charge < -0.3 is 9.64 Å². The first-order valence-electron chi connectivity index (χ1n) is 5.69. The Balaban J connectivity index is 2.20. The molecule has 0 N–H and O–H groups in total. The van der Waals surface area contributed by atoms with E-state index in [0.29, 0.717) is 19.7 Å². The van der Waals surface area contributed by atoms with Crippen molar-refractivity contribution in [2.45, 2.75) is 13.0 Å². The van der Waals surface area contributed by atoms with Gasteiger partial charge in [-0.15, -0.1) is 0 Å². The molecule has 1 heterocycles. The maximum absolute atomic E-state index is 12.1. The summed E-state index contributed by atoms with van der Waals surface area (Å²) >= 11 is 0. The van der Waals surface area contributed by atoms with Gasteiger partial charge in [0.05, 0.1) is 4.92 Å². The minimum atomic E-state index is -0.505. The Hall–Kier alpha value is -1.95. The number of nitro benzene ring substituents is 1. The van der Waals surface area contributed by atoms with E-state index in [1.54, 1.807) is 24.1 Å². The highest BCUT2D eigenvalue weighted by atomic mass is 16.6. The van der Waals surface area contributed by atoms with E-state index in [-0.39, 0.29) is 17.2 Å². The van der Waals surface area contributed by atoms with Crippen LogP contribution in [0.3, 0.4) is 0 Å². The van der Waals surface area contributed by atoms with Crippen LogP contribution in [0.15, 0.2) is 18.2 Å². The monoisotopic (exact) mass is 250 g/mol. The van der Waals surface area contributed by atoms with Crippen molar-refractivity contribution in [1.82, 2.24) is 4.90 Å². The quantitative estimate of drug-likeness (QED) is 0.452. The highest BCUT2D eigenvalue weighted by Crippen LogP contribution is 2.30. The summed E-state index contributed by atoms with van der Waals surface area (Å²) in [5.41, 5.74) is 0.860. The van der Waals surface area contributed by atoms with Gasteiger partial charge in [-0.05, 0) is 12.0 Å². The summed E-state index contributed by atoms with van der Waals surface area (Å²) in [6.07, 6.45) is 0.726. The van der Waals surface area contributed by atoms with Crippen LogP contribution in [-0.4, -0.2) is 36.0 Å². The number of hydrogen-bond acceptors (Lipinski definition) is 4. The molecular weight excluding hydrogens is 236 g/mol. The molecule has 1 amide bonds. The van der Waals surface area contributed by atoms with Gasteiger partial charge in [-0.2, -0.15) is 0 Å². The van der Waals surface area contributed by atoms with Gasteiger partial charge in [-0.3, -0.25) is 14.9 Å². The first kappa shape index (κ1) is 12.5. The Morgan fingerprint density at radius 2 is 2.28 bits per heavy atom. The van der Waals surface area contributed by atoms with E-state index in [1.807, 2.05) is 0 Å². The van der Waals surface area contributed by atoms with Crippen LogP contribution >= 0.6 is 0 Å². The summed E-state index contributed by atoms with van der Waals surface area (Å²) < 4.78 is 4.93. The lowest BCUT2D eigenvalue weighted by molar-refractivity contribution is -0.385. The second-order valence-electron chi connectivity index (χ2n) is 4.14. The molecule has 0 bridgehead atoms. The first-order valence-corrected chi connectivity index (χ1v) is 5.69. The van der Waals surface area contributed by atoms with Crippen molar-refractivity contribution in [2.75, 3.05) is 20.3 Å². The number of carbonyl (C=O) groups is 1. The zero-order valence-electron chi connectivity index (χ0n) is 10.1. The third-order valence-corrected chi connectivity index (χ3v) is 2.96. The Kier molecular flexibility index (Phi) is 3.57. The fourth-order valence-electron chi connectivity index (χ4n) is 2.13. The second kappa shape index (κ2) is 5.14. The standard InChI is InChI=1S/C12H14N2O4/c1-18-7-3-6-13-8-9-4-2-5-10(14(16)17)11(9)12(13)15/h2,4-5H,3,6-8H2,1H3. The number of hydrogen-bond donors (Lipinski definition) is 0. The van der Waals surface area contributed by atoms with Gasteiger partial charge in [0.2, 0.25) is 0 Å². The van der Waals surface area contributed by atoms with Crippen LogP contribution in [0.4, 0.5) is 5.69 Å². The van der Waals surface area contributed by atoms with Crippen molar-refractivity contribution < 1.29 is 14.5 Å². The van der Waals surface area contributed by atoms with Crippen LogP contribution in [0, 0.1) is 10.1 Å². The number of carbonyl (C=O) groups excluding carboxylic acids is 1. The normalized spacial score (nSPS) is 13.8. The molecule has 6 heteroatoms. The molecule has 96 valence electrons. The van der Waals surface area contributed by atoms with Gasteiger partial charge in [0.25, 0.3) is 11.6 Å². The molecule has 0 aliphatic carbocycles. The second-order valence-corrected chi connectivity index (χ2v) is 4.14. The lowest BCUT2D eigenvalue weighted by Crippen LogP contribution is -2.26. The third-order valence-electron chi connectivity index (χ3n) is 2.96. The highest BCUT2D eigenvalue weighted by molar-refractivity contribution is 6.02. The number of rotatable bonds is 5. The van der Waals surface area contributed by atoms with E-state index < -0.39 is 4.92 Å². The molecular formula is C12H14N2O4. The molecule has 1 aliphatic heterocycles. The summed E-state index contributed by atoms with van der Waals surface area (Å²) in [4.78, 5) is 24.1. The van der Waals surface area contributed by atoms with Crippen molar-refractivity contribution in [3.63, 3.8) is 0 Å². The Morgan fingerprint density at radius 1 is 1.50 bits per heavy atom. The molecule has 0 atom stereocenters. The number of nitrogens with zero attached hydrogens (tertiary/aromatic N) is 2. The van der Waals surface area contributed by atoms with Gasteiger partial charge in [0, 0.05) is 32.9 Å². The van der Waals surface area contributed by atoms with Crippen LogP contribution < -0.4 is 0 Å². The van der Waals surface area contributed by atoms with E-state index in [1.165, 1.54) is 6.07 Å². The molecule has 0 saturated heterocycles. The van der Waals surface area contributed by atoms with Crippen LogP contribution in [0.25, 0.3) is 0 Å². The van der Waals surface area contributed by atoms with Crippen LogP contribution in [0.5, 0.6) is 0 Å². The van der Waals surface area contributed by atoms with E-state index in [2.05, 4.69) is 0 Å². The molecule has 1 aromatic rings. The summed E-state index contributed by atoms with van der Waals surface area (Å²) in [6, 6.07) is 4.74. The number of benzene rings is 1. The lowest BCUT2D eigenvalue weighted by atomic mass is 10.1. The molecule has 1 aliphatic rings. The molecule has 18 heavy (non-hydrogen) atoms. The first-order chi connectivity index (χ1) is 8.65. The van der Waals surface area contributed by atoms with Crippen molar-refractivity contribution in [1.29, 1.82) is 0 Å². The fourth-order valence-corrected chi connectivity index (χ4v) is 2.13. The van der Waals surface area contributed by atoms with Crippen molar-refractivity contribution in [2.24, 2.45) is 0 Å². The van der Waals surface area contributed by atoms with E-state index in [4.69, 9.17) is 4.74 Å². The molecule has 0 unspecified atom stereocenters. The third kappa shape index (κ3) is 2.19.